The molecule has 1 fully saturated rings. The minimum Gasteiger partial charge on any atom is -0.341 e. The molecule has 3 aromatic rings. The zero-order valence-corrected chi connectivity index (χ0v) is 14.5. The fourth-order valence-corrected chi connectivity index (χ4v) is 3.73. The summed E-state index contributed by atoms with van der Waals surface area (Å²) < 4.78 is 1.74. The standard InChI is InChI=1S/C18H24N6O/c1-2-24-17(21-22-18(24)25)11-13-7-9-23(10-8-13)12-16-19-14-5-3-4-6-15(14)20-16/h3-6,13H,2,7-12H2,1H3,(H,19,20)(H,22,25). The van der Waals surface area contributed by atoms with Crippen LogP contribution < -0.4 is 5.69 Å². The van der Waals surface area contributed by atoms with E-state index in [-0.39, 0.29) is 5.69 Å². The number of hydrogen-bond donors (Lipinski definition) is 2. The number of nitrogens with one attached hydrogen (secondary N) is 2. The van der Waals surface area contributed by atoms with Crippen LogP contribution in [-0.4, -0.2) is 42.7 Å². The number of H-pyrrole nitrogens is 2. The zero-order chi connectivity index (χ0) is 17.2. The lowest BCUT2D eigenvalue weighted by molar-refractivity contribution is 0.172. The summed E-state index contributed by atoms with van der Waals surface area (Å²) in [4.78, 5) is 22.2. The van der Waals surface area contributed by atoms with Crippen molar-refractivity contribution in [2.75, 3.05) is 13.1 Å². The van der Waals surface area contributed by atoms with Crippen LogP contribution >= 0.6 is 0 Å². The maximum atomic E-state index is 11.7. The van der Waals surface area contributed by atoms with Crippen molar-refractivity contribution in [1.29, 1.82) is 0 Å². The molecule has 1 aliphatic rings. The number of likely N-dealkylation sites (tertiary alicyclic amines) is 1. The van der Waals surface area contributed by atoms with Crippen LogP contribution in [0.2, 0.25) is 0 Å². The lowest BCUT2D eigenvalue weighted by Crippen LogP contribution is -2.34. The lowest BCUT2D eigenvalue weighted by Gasteiger charge is -2.31. The van der Waals surface area contributed by atoms with E-state index in [1.807, 2.05) is 25.1 Å². The van der Waals surface area contributed by atoms with Gasteiger partial charge in [-0.3, -0.25) is 9.47 Å². The molecule has 25 heavy (non-hydrogen) atoms. The predicted molar refractivity (Wildman–Crippen MR) is 96.3 cm³/mol. The predicted octanol–water partition coefficient (Wildman–Crippen LogP) is 1.92. The first-order chi connectivity index (χ1) is 12.2. The number of nitrogens with zero attached hydrogens (tertiary/aromatic N) is 4. The van der Waals surface area contributed by atoms with Crippen LogP contribution in [-0.2, 0) is 19.5 Å². The highest BCUT2D eigenvalue weighted by Gasteiger charge is 2.22. The zero-order valence-electron chi connectivity index (χ0n) is 14.5. The van der Waals surface area contributed by atoms with Crippen molar-refractivity contribution in [2.45, 2.75) is 39.3 Å². The van der Waals surface area contributed by atoms with Gasteiger partial charge in [0.1, 0.15) is 11.6 Å². The summed E-state index contributed by atoms with van der Waals surface area (Å²) in [6.45, 7) is 5.64. The Labute approximate surface area is 146 Å². The Morgan fingerprint density at radius 1 is 1.24 bits per heavy atom. The molecule has 0 radical (unpaired) electrons. The van der Waals surface area contributed by atoms with Crippen molar-refractivity contribution >= 4 is 11.0 Å². The van der Waals surface area contributed by atoms with Crippen molar-refractivity contribution in [3.63, 3.8) is 0 Å². The summed E-state index contributed by atoms with van der Waals surface area (Å²) in [6, 6.07) is 8.15. The molecule has 7 heteroatoms. The summed E-state index contributed by atoms with van der Waals surface area (Å²) in [7, 11) is 0. The average molecular weight is 340 g/mol. The number of piperidine rings is 1. The number of aromatic nitrogens is 5. The number of hydrogen-bond acceptors (Lipinski definition) is 4. The van der Waals surface area contributed by atoms with Gasteiger partial charge in [-0.2, -0.15) is 5.10 Å². The molecule has 1 aliphatic heterocycles. The molecule has 4 rings (SSSR count). The largest absolute Gasteiger partial charge is 0.343 e. The van der Waals surface area contributed by atoms with Gasteiger partial charge in [-0.25, -0.2) is 14.9 Å². The third-order valence-electron chi connectivity index (χ3n) is 5.14. The Morgan fingerprint density at radius 2 is 2.04 bits per heavy atom. The Kier molecular flexibility index (Phi) is 4.40. The molecule has 0 aliphatic carbocycles. The summed E-state index contributed by atoms with van der Waals surface area (Å²) in [5, 5.41) is 6.76. The van der Waals surface area contributed by atoms with Crippen molar-refractivity contribution in [1.82, 2.24) is 29.6 Å². The van der Waals surface area contributed by atoms with Gasteiger partial charge in [0.15, 0.2) is 0 Å². The highest BCUT2D eigenvalue weighted by Crippen LogP contribution is 2.22. The van der Waals surface area contributed by atoms with Crippen molar-refractivity contribution in [3.8, 4) is 0 Å². The monoisotopic (exact) mass is 340 g/mol. The minimum absolute atomic E-state index is 0.0974. The molecule has 2 N–H and O–H groups in total. The van der Waals surface area contributed by atoms with Gasteiger partial charge in [-0.05, 0) is 50.9 Å². The SMILES string of the molecule is CCn1c(CC2CCN(Cc3nc4ccccc4[nH]3)CC2)n[nH]c1=O. The van der Waals surface area contributed by atoms with Crippen LogP contribution in [0.5, 0.6) is 0 Å². The second-order valence-corrected chi connectivity index (χ2v) is 6.81. The molecule has 3 heterocycles. The summed E-state index contributed by atoms with van der Waals surface area (Å²) >= 11 is 0. The van der Waals surface area contributed by atoms with Crippen LogP contribution in [0.1, 0.15) is 31.4 Å². The summed E-state index contributed by atoms with van der Waals surface area (Å²) in [6.07, 6.45) is 3.14. The van der Waals surface area contributed by atoms with Gasteiger partial charge in [-0.1, -0.05) is 12.1 Å². The van der Waals surface area contributed by atoms with Crippen molar-refractivity contribution in [2.24, 2.45) is 5.92 Å². The van der Waals surface area contributed by atoms with E-state index >= 15 is 0 Å². The average Bonchev–Trinajstić information content (AvgIpc) is 3.19. The number of benzene rings is 1. The quantitative estimate of drug-likeness (QED) is 0.743. The molecular formula is C18H24N6O. The first-order valence-electron chi connectivity index (χ1n) is 9.03. The Morgan fingerprint density at radius 3 is 2.80 bits per heavy atom. The first kappa shape index (κ1) is 16.1. The maximum Gasteiger partial charge on any atom is 0.343 e. The van der Waals surface area contributed by atoms with E-state index in [0.29, 0.717) is 12.5 Å². The van der Waals surface area contributed by atoms with Crippen LogP contribution in [0.3, 0.4) is 0 Å². The molecule has 0 unspecified atom stereocenters. The molecule has 7 nitrogen and oxygen atoms in total. The molecule has 2 aromatic heterocycles. The van der Waals surface area contributed by atoms with Crippen LogP contribution in [0, 0.1) is 5.92 Å². The van der Waals surface area contributed by atoms with E-state index < -0.39 is 0 Å². The van der Waals surface area contributed by atoms with Gasteiger partial charge < -0.3 is 4.98 Å². The number of fused-ring (bicyclic) bond motifs is 1. The number of para-hydroxylation sites is 2. The highest BCUT2D eigenvalue weighted by atomic mass is 16.1. The normalized spacial score (nSPS) is 16.7. The lowest BCUT2D eigenvalue weighted by atomic mass is 9.93. The number of rotatable bonds is 5. The topological polar surface area (TPSA) is 82.6 Å². The third kappa shape index (κ3) is 3.37. The third-order valence-corrected chi connectivity index (χ3v) is 5.14. The molecule has 0 atom stereocenters. The second-order valence-electron chi connectivity index (χ2n) is 6.81. The van der Waals surface area contributed by atoms with E-state index in [1.165, 1.54) is 0 Å². The van der Waals surface area contributed by atoms with Gasteiger partial charge in [0.25, 0.3) is 0 Å². The maximum absolute atomic E-state index is 11.7. The number of aromatic amines is 2. The smallest absolute Gasteiger partial charge is 0.341 e. The molecule has 0 amide bonds. The van der Waals surface area contributed by atoms with Gasteiger partial charge in [-0.15, -0.1) is 0 Å². The second kappa shape index (κ2) is 6.84. The molecule has 0 spiro atoms. The molecule has 132 valence electrons. The number of imidazole rings is 1. The minimum atomic E-state index is -0.0974. The van der Waals surface area contributed by atoms with E-state index in [1.54, 1.807) is 4.57 Å². The van der Waals surface area contributed by atoms with Crippen molar-refractivity contribution < 1.29 is 0 Å². The first-order valence-corrected chi connectivity index (χ1v) is 9.03. The van der Waals surface area contributed by atoms with Gasteiger partial charge >= 0.3 is 5.69 Å². The van der Waals surface area contributed by atoms with Gasteiger partial charge in [0.2, 0.25) is 0 Å². The molecule has 0 bridgehead atoms. The van der Waals surface area contributed by atoms with E-state index in [2.05, 4.69) is 31.1 Å². The Balaban J connectivity index is 1.34. The highest BCUT2D eigenvalue weighted by molar-refractivity contribution is 5.74. The Hall–Kier alpha value is -2.41. The summed E-state index contributed by atoms with van der Waals surface area (Å²) in [5.74, 6) is 2.52. The van der Waals surface area contributed by atoms with Crippen molar-refractivity contribution in [3.05, 3.63) is 46.4 Å². The van der Waals surface area contributed by atoms with Crippen LogP contribution in [0.15, 0.2) is 29.1 Å². The molecule has 1 aromatic carbocycles. The van der Waals surface area contributed by atoms with E-state index in [4.69, 9.17) is 0 Å². The van der Waals surface area contributed by atoms with Gasteiger partial charge in [0, 0.05) is 13.0 Å². The molecule has 0 saturated carbocycles. The van der Waals surface area contributed by atoms with Crippen LogP contribution in [0.4, 0.5) is 0 Å². The molecule has 1 saturated heterocycles. The van der Waals surface area contributed by atoms with E-state index in [9.17, 15) is 4.79 Å². The van der Waals surface area contributed by atoms with Crippen LogP contribution in [0.25, 0.3) is 11.0 Å². The fraction of sp³-hybridized carbons (Fsp3) is 0.500. The summed E-state index contributed by atoms with van der Waals surface area (Å²) in [5.41, 5.74) is 2.03. The van der Waals surface area contributed by atoms with E-state index in [0.717, 1.165) is 61.6 Å². The van der Waals surface area contributed by atoms with Gasteiger partial charge in [0.05, 0.1) is 17.6 Å². The fourth-order valence-electron chi connectivity index (χ4n) is 3.73. The molecular weight excluding hydrogens is 316 g/mol. The Bertz CT molecular complexity index is 867.